The van der Waals surface area contributed by atoms with Crippen LogP contribution in [0.2, 0.25) is 0 Å². The highest BCUT2D eigenvalue weighted by Gasteiger charge is 2.41. The van der Waals surface area contributed by atoms with Gasteiger partial charge in [0.05, 0.1) is 17.6 Å². The normalized spacial score (nSPS) is 19.2. The molecule has 8 nitrogen and oxygen atoms in total. The molecule has 2 atom stereocenters. The molecular formula is C19H19F2N5O3. The van der Waals surface area contributed by atoms with E-state index in [1.54, 1.807) is 19.0 Å². The number of hydrogen-bond acceptors (Lipinski definition) is 6. The topological polar surface area (TPSA) is 105 Å². The number of hydrogen-bond donors (Lipinski definition) is 2. The summed E-state index contributed by atoms with van der Waals surface area (Å²) in [5.41, 5.74) is 4.56. The maximum absolute atomic E-state index is 15.3. The van der Waals surface area contributed by atoms with Crippen LogP contribution in [0.15, 0.2) is 23.1 Å². The number of likely N-dealkylation sites (N-methyl/N-ethyl adjacent to an activating group) is 1. The van der Waals surface area contributed by atoms with Crippen molar-refractivity contribution in [2.45, 2.75) is 12.2 Å². The van der Waals surface area contributed by atoms with Crippen molar-refractivity contribution in [1.82, 2.24) is 14.5 Å². The van der Waals surface area contributed by atoms with Gasteiger partial charge >= 0.3 is 5.97 Å². The molecule has 2 aromatic heterocycles. The largest absolute Gasteiger partial charge is 0.477 e. The van der Waals surface area contributed by atoms with Crippen molar-refractivity contribution in [2.75, 3.05) is 25.5 Å². The summed E-state index contributed by atoms with van der Waals surface area (Å²) < 4.78 is 31.5. The van der Waals surface area contributed by atoms with Gasteiger partial charge in [0, 0.05) is 25.2 Å². The molecule has 0 saturated carbocycles. The molecule has 10 heteroatoms. The van der Waals surface area contributed by atoms with Gasteiger partial charge < -0.3 is 20.3 Å². The van der Waals surface area contributed by atoms with Gasteiger partial charge in [-0.05, 0) is 26.2 Å². The molecule has 1 aliphatic heterocycles. The van der Waals surface area contributed by atoms with Crippen LogP contribution in [0.1, 0.15) is 10.4 Å². The Labute approximate surface area is 163 Å². The summed E-state index contributed by atoms with van der Waals surface area (Å²) in [6, 6.07) is 2.12. The van der Waals surface area contributed by atoms with Gasteiger partial charge in [-0.1, -0.05) is 0 Å². The minimum atomic E-state index is -1.39. The van der Waals surface area contributed by atoms with Gasteiger partial charge in [0.25, 0.3) is 0 Å². The number of aromatic nitrogens is 2. The number of anilines is 1. The van der Waals surface area contributed by atoms with Crippen LogP contribution in [0.25, 0.3) is 21.9 Å². The van der Waals surface area contributed by atoms with E-state index < -0.39 is 28.6 Å². The number of benzene rings is 1. The van der Waals surface area contributed by atoms with Crippen molar-refractivity contribution in [3.63, 3.8) is 0 Å². The van der Waals surface area contributed by atoms with Gasteiger partial charge in [0.1, 0.15) is 28.2 Å². The average Bonchev–Trinajstić information content (AvgIpc) is 2.62. The molecule has 1 saturated heterocycles. The number of fused-ring (bicyclic) bond motifs is 2. The lowest BCUT2D eigenvalue weighted by atomic mass is 10.0. The highest BCUT2D eigenvalue weighted by molar-refractivity contribution is 5.97. The molecule has 3 N–H and O–H groups in total. The fourth-order valence-corrected chi connectivity index (χ4v) is 3.94. The number of rotatable bonds is 3. The predicted octanol–water partition coefficient (Wildman–Crippen LogP) is 1.10. The van der Waals surface area contributed by atoms with Crippen LogP contribution in [-0.2, 0) is 7.05 Å². The van der Waals surface area contributed by atoms with E-state index in [0.717, 1.165) is 12.3 Å². The Morgan fingerprint density at radius 2 is 2.03 bits per heavy atom. The standard InChI is InChI=1S/C19H19F2N5O3/c1-24(2)18-12(22)7-26(18)15-11(20)5-8-4-9-16(27)10(19(28)29)6-25(3)17(9)23-14(8)13(15)21/h4-6,12,18H,7,22H2,1-3H3,(H,28,29). The van der Waals surface area contributed by atoms with Gasteiger partial charge in [0.2, 0.25) is 5.43 Å². The number of halogens is 2. The van der Waals surface area contributed by atoms with E-state index in [2.05, 4.69) is 4.98 Å². The van der Waals surface area contributed by atoms with Gasteiger partial charge in [0.15, 0.2) is 5.82 Å². The highest BCUT2D eigenvalue weighted by Crippen LogP contribution is 2.36. The van der Waals surface area contributed by atoms with E-state index in [9.17, 15) is 19.1 Å². The smallest absolute Gasteiger partial charge is 0.341 e. The minimum Gasteiger partial charge on any atom is -0.477 e. The molecule has 2 unspecified atom stereocenters. The van der Waals surface area contributed by atoms with Crippen molar-refractivity contribution in [3.05, 3.63) is 45.8 Å². The molecule has 4 rings (SSSR count). The zero-order valence-corrected chi connectivity index (χ0v) is 16.0. The van der Waals surface area contributed by atoms with Crippen molar-refractivity contribution < 1.29 is 18.7 Å². The molecule has 0 amide bonds. The predicted molar refractivity (Wildman–Crippen MR) is 104 cm³/mol. The molecule has 29 heavy (non-hydrogen) atoms. The lowest BCUT2D eigenvalue weighted by Crippen LogP contribution is -2.70. The lowest BCUT2D eigenvalue weighted by Gasteiger charge is -2.51. The number of nitrogens with two attached hydrogens (primary N) is 1. The first-order valence-corrected chi connectivity index (χ1v) is 8.86. The molecule has 0 spiro atoms. The first-order valence-electron chi connectivity index (χ1n) is 8.86. The molecule has 1 fully saturated rings. The Hall–Kier alpha value is -3.11. The number of carboxylic acids is 1. The zero-order valence-electron chi connectivity index (χ0n) is 16.0. The van der Waals surface area contributed by atoms with Crippen LogP contribution in [-0.4, -0.2) is 58.4 Å². The third kappa shape index (κ3) is 2.75. The van der Waals surface area contributed by atoms with Crippen molar-refractivity contribution in [1.29, 1.82) is 0 Å². The molecule has 1 aliphatic rings. The Morgan fingerprint density at radius 1 is 1.34 bits per heavy atom. The van der Waals surface area contributed by atoms with Gasteiger partial charge in [-0.15, -0.1) is 0 Å². The van der Waals surface area contributed by atoms with Crippen LogP contribution < -0.4 is 16.1 Å². The third-order valence-electron chi connectivity index (χ3n) is 5.26. The second-order valence-corrected chi connectivity index (χ2v) is 7.43. The number of aromatic carboxylic acids is 1. The molecule has 3 aromatic rings. The van der Waals surface area contributed by atoms with Crippen LogP contribution in [0.3, 0.4) is 0 Å². The van der Waals surface area contributed by atoms with Gasteiger partial charge in [-0.2, -0.15) is 0 Å². The molecule has 0 radical (unpaired) electrons. The first-order chi connectivity index (χ1) is 13.6. The Bertz CT molecular complexity index is 1240. The van der Waals surface area contributed by atoms with E-state index in [0.29, 0.717) is 0 Å². The minimum absolute atomic E-state index is 0.0245. The number of carboxylic acid groups (broad SMARTS) is 1. The first kappa shape index (κ1) is 19.2. The monoisotopic (exact) mass is 403 g/mol. The number of pyridine rings is 2. The van der Waals surface area contributed by atoms with Gasteiger partial charge in [-0.25, -0.2) is 18.6 Å². The molecule has 1 aromatic carbocycles. The summed E-state index contributed by atoms with van der Waals surface area (Å²) in [6.07, 6.45) is 0.768. The SMILES string of the molecule is CN(C)C1C(N)CN1c1c(F)cc2cc3c(=O)c(C(=O)O)cn(C)c3nc2c1F. The summed E-state index contributed by atoms with van der Waals surface area (Å²) >= 11 is 0. The molecule has 152 valence electrons. The number of carbonyl (C=O) groups is 1. The number of aryl methyl sites for hydroxylation is 1. The Kier molecular flexibility index (Phi) is 4.28. The summed E-state index contributed by atoms with van der Waals surface area (Å²) in [6.45, 7) is 0.288. The van der Waals surface area contributed by atoms with Gasteiger partial charge in [-0.3, -0.25) is 9.69 Å². The second-order valence-electron chi connectivity index (χ2n) is 7.43. The van der Waals surface area contributed by atoms with E-state index in [1.165, 1.54) is 22.6 Å². The average molecular weight is 403 g/mol. The van der Waals surface area contributed by atoms with Crippen LogP contribution in [0, 0.1) is 11.6 Å². The van der Waals surface area contributed by atoms with Crippen LogP contribution in [0.5, 0.6) is 0 Å². The van der Waals surface area contributed by atoms with Crippen molar-refractivity contribution in [3.8, 4) is 0 Å². The molecule has 0 aliphatic carbocycles. The molecule has 3 heterocycles. The third-order valence-corrected chi connectivity index (χ3v) is 5.26. The second kappa shape index (κ2) is 6.46. The quantitative estimate of drug-likeness (QED) is 0.631. The summed E-state index contributed by atoms with van der Waals surface area (Å²) in [5.74, 6) is -3.04. The van der Waals surface area contributed by atoms with E-state index in [4.69, 9.17) is 5.73 Å². The van der Waals surface area contributed by atoms with E-state index >= 15 is 4.39 Å². The Morgan fingerprint density at radius 3 is 2.62 bits per heavy atom. The lowest BCUT2D eigenvalue weighted by molar-refractivity contribution is 0.0695. The summed E-state index contributed by atoms with van der Waals surface area (Å²) in [5, 5.41) is 9.25. The fraction of sp³-hybridized carbons (Fsp3) is 0.316. The summed E-state index contributed by atoms with van der Waals surface area (Å²) in [4.78, 5) is 31.3. The van der Waals surface area contributed by atoms with Crippen molar-refractivity contribution in [2.24, 2.45) is 12.8 Å². The molecular weight excluding hydrogens is 384 g/mol. The number of nitrogens with zero attached hydrogens (tertiary/aromatic N) is 4. The maximum Gasteiger partial charge on any atom is 0.341 e. The fourth-order valence-electron chi connectivity index (χ4n) is 3.94. The van der Waals surface area contributed by atoms with E-state index in [-0.39, 0.29) is 46.4 Å². The maximum atomic E-state index is 15.3. The van der Waals surface area contributed by atoms with E-state index in [1.807, 2.05) is 0 Å². The van der Waals surface area contributed by atoms with Crippen LogP contribution >= 0.6 is 0 Å². The Balaban J connectivity index is 1.99. The van der Waals surface area contributed by atoms with Crippen LogP contribution in [0.4, 0.5) is 14.5 Å². The molecule has 0 bridgehead atoms. The van der Waals surface area contributed by atoms with Crippen molar-refractivity contribution >= 4 is 33.6 Å². The summed E-state index contributed by atoms with van der Waals surface area (Å²) in [7, 11) is 5.05. The zero-order chi connectivity index (χ0) is 21.2. The highest BCUT2D eigenvalue weighted by atomic mass is 19.1.